The fourth-order valence-electron chi connectivity index (χ4n) is 5.68. The van der Waals surface area contributed by atoms with E-state index < -0.39 is 0 Å². The molecule has 0 radical (unpaired) electrons. The second kappa shape index (κ2) is 4.42. The van der Waals surface area contributed by atoms with Crippen LogP contribution in [-0.4, -0.2) is 0 Å². The van der Waals surface area contributed by atoms with Crippen molar-refractivity contribution in [2.45, 2.75) is 67.2 Å². The highest BCUT2D eigenvalue weighted by atomic mass is 14.4. The van der Waals surface area contributed by atoms with E-state index in [1.54, 1.807) is 78.0 Å². The predicted octanol–water partition coefficient (Wildman–Crippen LogP) is 6.40. The van der Waals surface area contributed by atoms with Gasteiger partial charge in [0.1, 0.15) is 0 Å². The van der Waals surface area contributed by atoms with Crippen LogP contribution in [0.15, 0.2) is 33.4 Å². The number of fused-ring (bicyclic) bond motifs is 4. The highest BCUT2D eigenvalue weighted by molar-refractivity contribution is 5.94. The Hall–Kier alpha value is -1.82. The molecule has 0 atom stereocenters. The van der Waals surface area contributed by atoms with Crippen LogP contribution < -0.4 is 0 Å². The van der Waals surface area contributed by atoms with Crippen molar-refractivity contribution < 1.29 is 0 Å². The number of hydrogen-bond acceptors (Lipinski definition) is 0. The highest BCUT2D eigenvalue weighted by Gasteiger charge is 2.37. The first-order chi connectivity index (χ1) is 11.4. The highest BCUT2D eigenvalue weighted by Crippen LogP contribution is 2.54. The molecular formula is C24H26. The van der Waals surface area contributed by atoms with E-state index in [9.17, 15) is 0 Å². The summed E-state index contributed by atoms with van der Waals surface area (Å²) in [5, 5.41) is 0. The smallest absolute Gasteiger partial charge is 0.00112 e. The summed E-state index contributed by atoms with van der Waals surface area (Å²) in [6, 6.07) is 0. The van der Waals surface area contributed by atoms with Crippen LogP contribution in [0.25, 0.3) is 11.1 Å². The summed E-state index contributed by atoms with van der Waals surface area (Å²) in [6.45, 7) is 14.1. The molecule has 122 valence electrons. The minimum absolute atomic E-state index is 1.17. The van der Waals surface area contributed by atoms with Crippen LogP contribution >= 0.6 is 0 Å². The second-order valence-electron chi connectivity index (χ2n) is 8.39. The van der Waals surface area contributed by atoms with E-state index in [1.165, 1.54) is 25.7 Å². The molecule has 0 amide bonds. The van der Waals surface area contributed by atoms with Crippen molar-refractivity contribution in [3.05, 3.63) is 66.8 Å². The third kappa shape index (κ3) is 1.51. The molecule has 0 heteroatoms. The Balaban J connectivity index is 1.75. The minimum atomic E-state index is 1.17. The largest absolute Gasteiger partial charge is 0.0657 e. The monoisotopic (exact) mass is 314 g/mol. The lowest BCUT2D eigenvalue weighted by Crippen LogP contribution is -2.04. The maximum Gasteiger partial charge on any atom is -0.00112 e. The Morgan fingerprint density at radius 3 is 1.29 bits per heavy atom. The molecule has 0 saturated heterocycles. The number of allylic oxidation sites excluding steroid dienone is 8. The first-order valence-corrected chi connectivity index (χ1v) is 9.33. The normalized spacial score (nSPS) is 21.2. The lowest BCUT2D eigenvalue weighted by molar-refractivity contribution is 1.07. The van der Waals surface area contributed by atoms with Crippen molar-refractivity contribution in [3.63, 3.8) is 0 Å². The molecule has 0 saturated carbocycles. The molecule has 0 fully saturated rings. The molecule has 1 aromatic carbocycles. The molecule has 0 N–H and O–H groups in total. The second-order valence-corrected chi connectivity index (χ2v) is 8.39. The Morgan fingerprint density at radius 1 is 0.458 bits per heavy atom. The third-order valence-corrected chi connectivity index (χ3v) is 7.37. The molecule has 0 bridgehead atoms. The summed E-state index contributed by atoms with van der Waals surface area (Å²) < 4.78 is 0. The molecule has 0 unspecified atom stereocenters. The Morgan fingerprint density at radius 2 is 0.875 bits per heavy atom. The van der Waals surface area contributed by atoms with Crippen LogP contribution in [0, 0.1) is 13.8 Å². The van der Waals surface area contributed by atoms with E-state index in [1.807, 2.05) is 0 Å². The van der Waals surface area contributed by atoms with Crippen molar-refractivity contribution in [3.8, 4) is 0 Å². The van der Waals surface area contributed by atoms with Crippen LogP contribution in [0.2, 0.25) is 0 Å². The average molecular weight is 314 g/mol. The van der Waals surface area contributed by atoms with Gasteiger partial charge in [-0.05, 0) is 134 Å². The summed E-state index contributed by atoms with van der Waals surface area (Å²) in [4.78, 5) is 0. The van der Waals surface area contributed by atoms with Crippen LogP contribution in [0.1, 0.15) is 73.9 Å². The van der Waals surface area contributed by atoms with E-state index in [2.05, 4.69) is 41.5 Å². The SMILES string of the molecule is CC1=C(C)C2=C(C1)c1c(C)c3c(c(C)c1C2)CC1=C3CC(C)=C1C. The van der Waals surface area contributed by atoms with Gasteiger partial charge in [0.05, 0.1) is 0 Å². The lowest BCUT2D eigenvalue weighted by Gasteiger charge is -2.20. The van der Waals surface area contributed by atoms with Gasteiger partial charge in [-0.15, -0.1) is 0 Å². The predicted molar refractivity (Wildman–Crippen MR) is 103 cm³/mol. The molecule has 24 heavy (non-hydrogen) atoms. The van der Waals surface area contributed by atoms with Gasteiger partial charge in [0.15, 0.2) is 0 Å². The van der Waals surface area contributed by atoms with Crippen molar-refractivity contribution in [1.82, 2.24) is 0 Å². The van der Waals surface area contributed by atoms with Crippen LogP contribution in [0.5, 0.6) is 0 Å². The molecule has 0 heterocycles. The molecule has 1 aromatic rings. The summed E-state index contributed by atoms with van der Waals surface area (Å²) in [5.74, 6) is 0. The van der Waals surface area contributed by atoms with Gasteiger partial charge >= 0.3 is 0 Å². The molecule has 0 aliphatic heterocycles. The Bertz CT molecular complexity index is 906. The van der Waals surface area contributed by atoms with E-state index in [-0.39, 0.29) is 0 Å². The van der Waals surface area contributed by atoms with Crippen LogP contribution in [0.3, 0.4) is 0 Å². The third-order valence-electron chi connectivity index (χ3n) is 7.37. The van der Waals surface area contributed by atoms with Crippen molar-refractivity contribution in [2.24, 2.45) is 0 Å². The molecule has 4 aliphatic carbocycles. The average Bonchev–Trinajstić information content (AvgIpc) is 3.23. The first kappa shape index (κ1) is 14.5. The fraction of sp³-hybridized carbons (Fsp3) is 0.417. The van der Waals surface area contributed by atoms with Crippen LogP contribution in [-0.2, 0) is 12.8 Å². The Labute approximate surface area is 145 Å². The van der Waals surface area contributed by atoms with E-state index in [4.69, 9.17) is 0 Å². The van der Waals surface area contributed by atoms with Gasteiger partial charge in [0, 0.05) is 0 Å². The van der Waals surface area contributed by atoms with Gasteiger partial charge in [-0.2, -0.15) is 0 Å². The molecule has 0 nitrogen and oxygen atoms in total. The quantitative estimate of drug-likeness (QED) is 0.519. The summed E-state index contributed by atoms with van der Waals surface area (Å²) in [6.07, 6.45) is 4.70. The number of hydrogen-bond donors (Lipinski definition) is 0. The lowest BCUT2D eigenvalue weighted by atomic mass is 9.84. The fourth-order valence-corrected chi connectivity index (χ4v) is 5.68. The van der Waals surface area contributed by atoms with E-state index >= 15 is 0 Å². The van der Waals surface area contributed by atoms with Crippen molar-refractivity contribution in [1.29, 1.82) is 0 Å². The van der Waals surface area contributed by atoms with Gasteiger partial charge in [-0.3, -0.25) is 0 Å². The first-order valence-electron chi connectivity index (χ1n) is 9.33. The van der Waals surface area contributed by atoms with Gasteiger partial charge in [-0.25, -0.2) is 0 Å². The number of benzene rings is 1. The molecule has 4 aliphatic rings. The molecule has 0 aromatic heterocycles. The zero-order valence-corrected chi connectivity index (χ0v) is 15.8. The van der Waals surface area contributed by atoms with Gasteiger partial charge in [0.25, 0.3) is 0 Å². The van der Waals surface area contributed by atoms with Gasteiger partial charge in [-0.1, -0.05) is 11.1 Å². The van der Waals surface area contributed by atoms with Crippen molar-refractivity contribution >= 4 is 11.1 Å². The van der Waals surface area contributed by atoms with Crippen molar-refractivity contribution in [2.75, 3.05) is 0 Å². The topological polar surface area (TPSA) is 0 Å². The number of rotatable bonds is 0. The molecule has 5 rings (SSSR count). The summed E-state index contributed by atoms with van der Waals surface area (Å²) in [5.41, 5.74) is 22.6. The zero-order valence-electron chi connectivity index (χ0n) is 15.8. The minimum Gasteiger partial charge on any atom is -0.0657 e. The summed E-state index contributed by atoms with van der Waals surface area (Å²) in [7, 11) is 0. The van der Waals surface area contributed by atoms with E-state index in [0.717, 1.165) is 0 Å². The molecular weight excluding hydrogens is 288 g/mol. The Kier molecular flexibility index (Phi) is 2.67. The van der Waals surface area contributed by atoms with Gasteiger partial charge < -0.3 is 0 Å². The molecule has 0 spiro atoms. The standard InChI is InChI=1S/C24H26/c1-11-7-21-17(13(11)3)9-19-15(5)20-10-18-14(4)12(2)8-22(18)24(20)16(6)23(19)21/h7-10H2,1-6H3. The maximum atomic E-state index is 2.40. The van der Waals surface area contributed by atoms with Gasteiger partial charge in [0.2, 0.25) is 0 Å². The summed E-state index contributed by atoms with van der Waals surface area (Å²) >= 11 is 0. The maximum absolute atomic E-state index is 2.40. The van der Waals surface area contributed by atoms with E-state index in [0.29, 0.717) is 0 Å². The van der Waals surface area contributed by atoms with Crippen LogP contribution in [0.4, 0.5) is 0 Å². The zero-order chi connectivity index (χ0) is 16.9.